The molecule has 2 aromatic carbocycles. The van der Waals surface area contributed by atoms with Gasteiger partial charge in [0.05, 0.1) is 41.3 Å². The van der Waals surface area contributed by atoms with Crippen molar-refractivity contribution < 1.29 is 14.3 Å². The monoisotopic (exact) mass is 552 g/mol. The Kier molecular flexibility index (Phi) is 9.63. The first-order valence-electron chi connectivity index (χ1n) is 13.7. The molecule has 0 amide bonds. The molecule has 1 aliphatic carbocycles. The number of piperidine rings is 1. The fourth-order valence-corrected chi connectivity index (χ4v) is 5.79. The highest BCUT2D eigenvalue weighted by Crippen LogP contribution is 2.38. The van der Waals surface area contributed by atoms with Gasteiger partial charge in [-0.15, -0.1) is 0 Å². The molecule has 0 radical (unpaired) electrons. The summed E-state index contributed by atoms with van der Waals surface area (Å²) in [6.45, 7) is 6.08. The number of aldehydes is 1. The third-order valence-corrected chi connectivity index (χ3v) is 7.97. The van der Waals surface area contributed by atoms with E-state index in [2.05, 4.69) is 31.7 Å². The van der Waals surface area contributed by atoms with Gasteiger partial charge in [0.2, 0.25) is 0 Å². The van der Waals surface area contributed by atoms with Crippen molar-refractivity contribution in [3.63, 3.8) is 0 Å². The number of aromatic nitrogens is 3. The van der Waals surface area contributed by atoms with E-state index in [-0.39, 0.29) is 0 Å². The van der Waals surface area contributed by atoms with E-state index in [4.69, 9.17) is 9.47 Å². The fraction of sp³-hybridized carbons (Fsp3) is 0.483. The summed E-state index contributed by atoms with van der Waals surface area (Å²) in [4.78, 5) is 18.1. The second-order valence-corrected chi connectivity index (χ2v) is 10.5. The van der Waals surface area contributed by atoms with E-state index >= 15 is 0 Å². The predicted molar refractivity (Wildman–Crippen MR) is 161 cm³/mol. The van der Waals surface area contributed by atoms with Crippen molar-refractivity contribution in [3.8, 4) is 10.9 Å². The number of hydrogen-bond donors (Lipinski definition) is 2. The van der Waals surface area contributed by atoms with Crippen molar-refractivity contribution in [2.75, 3.05) is 44.6 Å². The van der Waals surface area contributed by atoms with Crippen molar-refractivity contribution in [2.45, 2.75) is 51.6 Å². The number of nitrogens with zero attached hydrogens (tertiary/aromatic N) is 4. The Morgan fingerprint density at radius 1 is 1.05 bits per heavy atom. The molecule has 0 spiro atoms. The largest absolute Gasteiger partial charge is 0.495 e. The van der Waals surface area contributed by atoms with Crippen LogP contribution >= 0.6 is 11.3 Å². The van der Waals surface area contributed by atoms with Gasteiger partial charge in [0.1, 0.15) is 5.75 Å². The van der Waals surface area contributed by atoms with Gasteiger partial charge in [-0.25, -0.2) is 4.98 Å². The first-order valence-corrected chi connectivity index (χ1v) is 14.5. The van der Waals surface area contributed by atoms with Crippen molar-refractivity contribution in [1.29, 1.82) is 0 Å². The highest BCUT2D eigenvalue weighted by atomic mass is 32.1. The number of nitrogens with one attached hydrogen (secondary N) is 2. The molecule has 0 unspecified atom stereocenters. The summed E-state index contributed by atoms with van der Waals surface area (Å²) >= 11 is 1.52. The maximum Gasteiger partial charge on any atom is 0.274 e. The Bertz CT molecular complexity index is 1350. The number of ether oxygens (including phenoxy) is 2. The molecule has 9 nitrogen and oxygen atoms in total. The molecule has 0 bridgehead atoms. The van der Waals surface area contributed by atoms with E-state index in [1.807, 2.05) is 52.3 Å². The van der Waals surface area contributed by atoms with Crippen LogP contribution in [0.1, 0.15) is 49.9 Å². The lowest BCUT2D eigenvalue weighted by atomic mass is 10.0. The highest BCUT2D eigenvalue weighted by molar-refractivity contribution is 7.20. The van der Waals surface area contributed by atoms with Crippen molar-refractivity contribution in [3.05, 3.63) is 36.0 Å². The molecule has 2 fully saturated rings. The SMILES string of the molecule is CC.CNc1cc2cn(C)nc2cc1OC.COc1nc2c(C=O)ccc(N3CCC(NC4CC4)CC3)c2s1. The summed E-state index contributed by atoms with van der Waals surface area (Å²) in [6, 6.07) is 9.31. The number of fused-ring (bicyclic) bond motifs is 2. The lowest BCUT2D eigenvalue weighted by molar-refractivity contribution is 0.112. The smallest absolute Gasteiger partial charge is 0.274 e. The zero-order valence-corrected chi connectivity index (χ0v) is 24.6. The molecule has 39 heavy (non-hydrogen) atoms. The van der Waals surface area contributed by atoms with Gasteiger partial charge in [-0.3, -0.25) is 9.48 Å². The lowest BCUT2D eigenvalue weighted by Gasteiger charge is -2.34. The Balaban J connectivity index is 0.000000189. The molecule has 2 aliphatic rings. The van der Waals surface area contributed by atoms with E-state index < -0.39 is 0 Å². The van der Waals surface area contributed by atoms with Gasteiger partial charge >= 0.3 is 0 Å². The van der Waals surface area contributed by atoms with E-state index in [1.54, 1.807) is 18.9 Å². The van der Waals surface area contributed by atoms with Gasteiger partial charge < -0.3 is 25.0 Å². The number of anilines is 2. The Hall–Kier alpha value is -3.37. The topological polar surface area (TPSA) is 93.5 Å². The fourth-order valence-electron chi connectivity index (χ4n) is 4.84. The van der Waals surface area contributed by atoms with Crippen LogP contribution in [0.15, 0.2) is 30.5 Å². The van der Waals surface area contributed by atoms with E-state index in [0.717, 1.165) is 58.0 Å². The third-order valence-electron chi connectivity index (χ3n) is 6.93. The lowest BCUT2D eigenvalue weighted by Crippen LogP contribution is -2.43. The van der Waals surface area contributed by atoms with E-state index in [0.29, 0.717) is 16.8 Å². The van der Waals surface area contributed by atoms with Gasteiger partial charge in [-0.1, -0.05) is 25.2 Å². The number of benzene rings is 2. The first kappa shape index (κ1) is 28.6. The standard InChI is InChI=1S/C17H21N3O2S.C10H13N3O.C2H6/c1-22-17-19-15-11(10-21)2-5-14(16(15)23-17)20-8-6-13(7-9-20)18-12-3-4-12;1-11-9-4-7-6-13(2)12-8(7)5-10(9)14-3;1-2/h2,5,10,12-13,18H,3-4,6-9H2,1H3;4-6,11H,1-3H3;1-2H3. The maximum atomic E-state index is 11.3. The summed E-state index contributed by atoms with van der Waals surface area (Å²) in [5.74, 6) is 0.818. The summed E-state index contributed by atoms with van der Waals surface area (Å²) in [7, 11) is 7.06. The molecular formula is C29H40N6O3S. The van der Waals surface area contributed by atoms with Crippen molar-refractivity contribution >= 4 is 50.1 Å². The van der Waals surface area contributed by atoms with Gasteiger partial charge in [0, 0.05) is 62.5 Å². The number of carbonyl (C=O) groups excluding carboxylic acids is 1. The Morgan fingerprint density at radius 2 is 1.77 bits per heavy atom. The third kappa shape index (κ3) is 6.62. The molecular weight excluding hydrogens is 512 g/mol. The van der Waals surface area contributed by atoms with Crippen LogP contribution in [0, 0.1) is 0 Å². The molecule has 0 atom stereocenters. The Morgan fingerprint density at radius 3 is 2.38 bits per heavy atom. The number of aryl methyl sites for hydroxylation is 1. The van der Waals surface area contributed by atoms with Gasteiger partial charge in [0.15, 0.2) is 6.29 Å². The number of thiazole rings is 1. The van der Waals surface area contributed by atoms with Crippen LogP contribution in [-0.4, -0.2) is 67.5 Å². The molecule has 1 saturated carbocycles. The zero-order valence-electron chi connectivity index (χ0n) is 23.8. The maximum absolute atomic E-state index is 11.3. The molecule has 1 saturated heterocycles. The summed E-state index contributed by atoms with van der Waals surface area (Å²) < 4.78 is 13.4. The molecule has 2 aromatic heterocycles. The van der Waals surface area contributed by atoms with Gasteiger partial charge in [-0.05, 0) is 43.9 Å². The quantitative estimate of drug-likeness (QED) is 0.291. The van der Waals surface area contributed by atoms with Crippen molar-refractivity contribution in [1.82, 2.24) is 20.1 Å². The molecule has 3 heterocycles. The van der Waals surface area contributed by atoms with Crippen LogP contribution in [0.3, 0.4) is 0 Å². The average molecular weight is 553 g/mol. The average Bonchev–Trinajstić information content (AvgIpc) is 3.55. The van der Waals surface area contributed by atoms with Crippen LogP contribution < -0.4 is 25.0 Å². The second kappa shape index (κ2) is 13.1. The minimum Gasteiger partial charge on any atom is -0.495 e. The van der Waals surface area contributed by atoms with Crippen LogP contribution in [0.25, 0.3) is 21.1 Å². The number of methoxy groups -OCH3 is 2. The van der Waals surface area contributed by atoms with E-state index in [9.17, 15) is 4.79 Å². The van der Waals surface area contributed by atoms with Crippen LogP contribution in [0.2, 0.25) is 0 Å². The van der Waals surface area contributed by atoms with Crippen molar-refractivity contribution in [2.24, 2.45) is 7.05 Å². The zero-order chi connectivity index (χ0) is 27.9. The molecule has 10 heteroatoms. The highest BCUT2D eigenvalue weighted by Gasteiger charge is 2.28. The van der Waals surface area contributed by atoms with E-state index in [1.165, 1.54) is 42.7 Å². The second-order valence-electron chi connectivity index (χ2n) is 9.52. The first-order chi connectivity index (χ1) is 19.0. The summed E-state index contributed by atoms with van der Waals surface area (Å²) in [6.07, 6.45) is 7.88. The Labute approximate surface area is 234 Å². The minimum absolute atomic E-state index is 0.612. The molecule has 6 rings (SSSR count). The molecule has 1 aliphatic heterocycles. The van der Waals surface area contributed by atoms with Crippen LogP contribution in [0.5, 0.6) is 10.9 Å². The van der Waals surface area contributed by atoms with Crippen LogP contribution in [0.4, 0.5) is 11.4 Å². The normalized spacial score (nSPS) is 15.3. The number of hydrogen-bond acceptors (Lipinski definition) is 9. The molecule has 2 N–H and O–H groups in total. The summed E-state index contributed by atoms with van der Waals surface area (Å²) in [5.41, 5.74) is 4.50. The van der Waals surface area contributed by atoms with Gasteiger partial charge in [0.25, 0.3) is 5.19 Å². The molecule has 210 valence electrons. The number of rotatable bonds is 7. The number of carbonyl (C=O) groups is 1. The summed E-state index contributed by atoms with van der Waals surface area (Å²) in [5, 5.41) is 12.8. The van der Waals surface area contributed by atoms with Crippen LogP contribution in [-0.2, 0) is 7.05 Å². The predicted octanol–water partition coefficient (Wildman–Crippen LogP) is 5.49. The minimum atomic E-state index is 0.612. The molecule has 4 aromatic rings. The van der Waals surface area contributed by atoms with Gasteiger partial charge in [-0.2, -0.15) is 5.10 Å².